The quantitative estimate of drug-likeness (QED) is 0.791. The van der Waals surface area contributed by atoms with Crippen molar-refractivity contribution in [3.8, 4) is 11.3 Å². The first-order valence-electron chi connectivity index (χ1n) is 7.07. The first kappa shape index (κ1) is 15.6. The van der Waals surface area contributed by atoms with Gasteiger partial charge in [0.1, 0.15) is 18.1 Å². The SMILES string of the molecule is Cc1cc(NC(=O)Cn2cnc(-c3ccccc3F)cc2=O)no1. The number of aromatic nitrogens is 3. The van der Waals surface area contributed by atoms with E-state index in [-0.39, 0.29) is 23.6 Å². The number of rotatable bonds is 4. The van der Waals surface area contributed by atoms with Crippen molar-refractivity contribution < 1.29 is 13.7 Å². The molecule has 0 unspecified atom stereocenters. The standard InChI is InChI=1S/C16H13FN4O3/c1-10-6-14(20-24-10)19-15(22)8-21-9-18-13(7-16(21)23)11-4-2-3-5-12(11)17/h2-7,9H,8H2,1H3,(H,19,20,22). The molecule has 1 N–H and O–H groups in total. The van der Waals surface area contributed by atoms with Crippen LogP contribution < -0.4 is 10.9 Å². The minimum Gasteiger partial charge on any atom is -0.360 e. The third kappa shape index (κ3) is 3.37. The summed E-state index contributed by atoms with van der Waals surface area (Å²) in [5.74, 6) is -0.105. The second-order valence-corrected chi connectivity index (χ2v) is 5.09. The number of anilines is 1. The largest absolute Gasteiger partial charge is 0.360 e. The fourth-order valence-corrected chi connectivity index (χ4v) is 2.12. The van der Waals surface area contributed by atoms with Gasteiger partial charge in [-0.3, -0.25) is 14.2 Å². The Kier molecular flexibility index (Phi) is 4.19. The molecule has 0 saturated carbocycles. The predicted octanol–water partition coefficient (Wildman–Crippen LogP) is 1.98. The summed E-state index contributed by atoms with van der Waals surface area (Å²) in [6.45, 7) is 1.45. The van der Waals surface area contributed by atoms with E-state index in [0.717, 1.165) is 4.57 Å². The molecule has 8 heteroatoms. The summed E-state index contributed by atoms with van der Waals surface area (Å²) in [5.41, 5.74) is -0.0269. The van der Waals surface area contributed by atoms with E-state index in [0.29, 0.717) is 5.76 Å². The van der Waals surface area contributed by atoms with Gasteiger partial charge >= 0.3 is 0 Å². The lowest BCUT2D eigenvalue weighted by atomic mass is 10.1. The third-order valence-electron chi connectivity index (χ3n) is 3.24. The molecule has 0 spiro atoms. The summed E-state index contributed by atoms with van der Waals surface area (Å²) in [6, 6.07) is 8.76. The summed E-state index contributed by atoms with van der Waals surface area (Å²) in [4.78, 5) is 28.1. The van der Waals surface area contributed by atoms with E-state index in [1.165, 1.54) is 24.5 Å². The molecule has 3 aromatic rings. The number of benzene rings is 1. The van der Waals surface area contributed by atoms with Crippen LogP contribution in [0.4, 0.5) is 10.2 Å². The average molecular weight is 328 g/mol. The minimum atomic E-state index is -0.471. The number of nitrogens with one attached hydrogen (secondary N) is 1. The number of aryl methyl sites for hydroxylation is 1. The zero-order valence-electron chi connectivity index (χ0n) is 12.7. The highest BCUT2D eigenvalue weighted by Crippen LogP contribution is 2.18. The molecule has 0 aliphatic rings. The van der Waals surface area contributed by atoms with E-state index in [4.69, 9.17) is 4.52 Å². The van der Waals surface area contributed by atoms with Crippen LogP contribution >= 0.6 is 0 Å². The van der Waals surface area contributed by atoms with E-state index in [1.807, 2.05) is 0 Å². The van der Waals surface area contributed by atoms with Crippen LogP contribution in [0.1, 0.15) is 5.76 Å². The fraction of sp³-hybridized carbons (Fsp3) is 0.125. The van der Waals surface area contributed by atoms with Gasteiger partial charge in [0.05, 0.1) is 12.0 Å². The Morgan fingerprint density at radius 1 is 1.33 bits per heavy atom. The molecule has 1 aromatic carbocycles. The molecule has 0 aliphatic carbocycles. The third-order valence-corrected chi connectivity index (χ3v) is 3.24. The molecule has 0 fully saturated rings. The molecule has 2 heterocycles. The van der Waals surface area contributed by atoms with Gasteiger partial charge in [-0.25, -0.2) is 9.37 Å². The van der Waals surface area contributed by atoms with Gasteiger partial charge in [0, 0.05) is 17.7 Å². The maximum absolute atomic E-state index is 13.7. The lowest BCUT2D eigenvalue weighted by molar-refractivity contribution is -0.116. The monoisotopic (exact) mass is 328 g/mol. The number of halogens is 1. The van der Waals surface area contributed by atoms with Crippen molar-refractivity contribution in [3.05, 3.63) is 64.7 Å². The highest BCUT2D eigenvalue weighted by molar-refractivity contribution is 5.89. The van der Waals surface area contributed by atoms with E-state index in [9.17, 15) is 14.0 Å². The summed E-state index contributed by atoms with van der Waals surface area (Å²) in [5, 5.41) is 6.13. The summed E-state index contributed by atoms with van der Waals surface area (Å²) >= 11 is 0. The number of amides is 1. The van der Waals surface area contributed by atoms with Crippen LogP contribution in [0.25, 0.3) is 11.3 Å². The summed E-state index contributed by atoms with van der Waals surface area (Å²) < 4.78 is 19.7. The molecule has 3 rings (SSSR count). The lowest BCUT2D eigenvalue weighted by Crippen LogP contribution is -2.27. The smallest absolute Gasteiger partial charge is 0.254 e. The molecular formula is C16H13FN4O3. The van der Waals surface area contributed by atoms with E-state index < -0.39 is 17.3 Å². The van der Waals surface area contributed by atoms with Crippen LogP contribution in [0, 0.1) is 12.7 Å². The van der Waals surface area contributed by atoms with Gasteiger partial charge in [0.25, 0.3) is 5.56 Å². The van der Waals surface area contributed by atoms with Gasteiger partial charge in [-0.15, -0.1) is 0 Å². The first-order chi connectivity index (χ1) is 11.5. The van der Waals surface area contributed by atoms with Crippen molar-refractivity contribution in [2.75, 3.05) is 5.32 Å². The normalized spacial score (nSPS) is 10.6. The molecule has 0 saturated heterocycles. The van der Waals surface area contributed by atoms with Crippen LogP contribution in [0.3, 0.4) is 0 Å². The Morgan fingerprint density at radius 3 is 2.79 bits per heavy atom. The fourth-order valence-electron chi connectivity index (χ4n) is 2.12. The molecule has 0 bridgehead atoms. The molecular weight excluding hydrogens is 315 g/mol. The van der Waals surface area contributed by atoms with Gasteiger partial charge in [-0.2, -0.15) is 0 Å². The molecule has 0 atom stereocenters. The van der Waals surface area contributed by atoms with Crippen molar-refractivity contribution in [1.82, 2.24) is 14.7 Å². The van der Waals surface area contributed by atoms with Gasteiger partial charge in [0.15, 0.2) is 5.82 Å². The Hall–Kier alpha value is -3.29. The summed E-state index contributed by atoms with van der Waals surface area (Å²) in [7, 11) is 0. The van der Waals surface area contributed by atoms with Crippen molar-refractivity contribution in [3.63, 3.8) is 0 Å². The topological polar surface area (TPSA) is 90.0 Å². The van der Waals surface area contributed by atoms with Crippen molar-refractivity contribution in [1.29, 1.82) is 0 Å². The second kappa shape index (κ2) is 6.45. The van der Waals surface area contributed by atoms with Crippen LogP contribution in [0.5, 0.6) is 0 Å². The van der Waals surface area contributed by atoms with Crippen molar-refractivity contribution >= 4 is 11.7 Å². The van der Waals surface area contributed by atoms with Crippen LogP contribution in [0.2, 0.25) is 0 Å². The van der Waals surface area contributed by atoms with Crippen molar-refractivity contribution in [2.24, 2.45) is 0 Å². The molecule has 1 amide bonds. The number of nitrogens with zero attached hydrogens (tertiary/aromatic N) is 3. The maximum atomic E-state index is 13.7. The van der Waals surface area contributed by atoms with Gasteiger partial charge < -0.3 is 9.84 Å². The maximum Gasteiger partial charge on any atom is 0.254 e. The van der Waals surface area contributed by atoms with Gasteiger partial charge in [-0.1, -0.05) is 17.3 Å². The first-order valence-corrected chi connectivity index (χ1v) is 7.07. The van der Waals surface area contributed by atoms with E-state index in [2.05, 4.69) is 15.5 Å². The van der Waals surface area contributed by atoms with Crippen LogP contribution in [-0.4, -0.2) is 20.6 Å². The highest BCUT2D eigenvalue weighted by atomic mass is 19.1. The summed E-state index contributed by atoms with van der Waals surface area (Å²) in [6.07, 6.45) is 1.21. The Morgan fingerprint density at radius 2 is 2.12 bits per heavy atom. The Labute approximate surface area is 135 Å². The zero-order valence-corrected chi connectivity index (χ0v) is 12.7. The van der Waals surface area contributed by atoms with Gasteiger partial charge in [-0.05, 0) is 19.1 Å². The predicted molar refractivity (Wildman–Crippen MR) is 83.8 cm³/mol. The number of hydrogen-bond donors (Lipinski definition) is 1. The molecule has 122 valence electrons. The van der Waals surface area contributed by atoms with Crippen molar-refractivity contribution in [2.45, 2.75) is 13.5 Å². The lowest BCUT2D eigenvalue weighted by Gasteiger charge is -2.07. The average Bonchev–Trinajstić information content (AvgIpc) is 2.95. The second-order valence-electron chi connectivity index (χ2n) is 5.09. The zero-order chi connectivity index (χ0) is 17.1. The van der Waals surface area contributed by atoms with Crippen LogP contribution in [-0.2, 0) is 11.3 Å². The molecule has 7 nitrogen and oxygen atoms in total. The molecule has 24 heavy (non-hydrogen) atoms. The number of carbonyl (C=O) groups excluding carboxylic acids is 1. The number of carbonyl (C=O) groups is 1. The van der Waals surface area contributed by atoms with E-state index in [1.54, 1.807) is 25.1 Å². The Bertz CT molecular complexity index is 948. The highest BCUT2D eigenvalue weighted by Gasteiger charge is 2.11. The number of hydrogen-bond acceptors (Lipinski definition) is 5. The minimum absolute atomic E-state index is 0.210. The molecule has 0 radical (unpaired) electrons. The van der Waals surface area contributed by atoms with Crippen LogP contribution in [0.15, 0.2) is 52.0 Å². The Balaban J connectivity index is 1.77. The molecule has 0 aliphatic heterocycles. The molecule has 2 aromatic heterocycles. The van der Waals surface area contributed by atoms with Gasteiger partial charge in [0.2, 0.25) is 5.91 Å². The van der Waals surface area contributed by atoms with E-state index >= 15 is 0 Å².